The number of pyridine rings is 1. The van der Waals surface area contributed by atoms with Crippen LogP contribution in [0.15, 0.2) is 22.9 Å². The second kappa shape index (κ2) is 14.0. The number of amides is 2. The number of carbonyl (C=O) groups excluding carboxylic acids is 2. The van der Waals surface area contributed by atoms with Crippen LogP contribution < -0.4 is 5.32 Å². The third kappa shape index (κ3) is 7.87. The summed E-state index contributed by atoms with van der Waals surface area (Å²) >= 11 is 1.68. The van der Waals surface area contributed by atoms with Crippen LogP contribution in [0.5, 0.6) is 0 Å². The van der Waals surface area contributed by atoms with Crippen LogP contribution in [0.1, 0.15) is 78.3 Å². The first-order valence-corrected chi connectivity index (χ1v) is 15.1. The van der Waals surface area contributed by atoms with Crippen LogP contribution in [0, 0.1) is 31.1 Å². The third-order valence-electron chi connectivity index (χ3n) is 8.21. The van der Waals surface area contributed by atoms with Gasteiger partial charge in [0, 0.05) is 57.9 Å². The lowest BCUT2D eigenvalue weighted by Crippen LogP contribution is -2.49. The molecule has 2 fully saturated rings. The van der Waals surface area contributed by atoms with Gasteiger partial charge in [0.15, 0.2) is 0 Å². The van der Waals surface area contributed by atoms with E-state index in [1.807, 2.05) is 13.0 Å². The third-order valence-corrected chi connectivity index (χ3v) is 8.94. The Balaban J connectivity index is 1.27. The number of hydrogen-bond acceptors (Lipinski definition) is 7. The van der Waals surface area contributed by atoms with Gasteiger partial charge in [0.05, 0.1) is 11.3 Å². The molecule has 4 heterocycles. The van der Waals surface area contributed by atoms with Crippen LogP contribution >= 0.6 is 11.3 Å². The Kier molecular flexibility index (Phi) is 10.5. The monoisotopic (exact) mass is 551 g/mol. The first-order valence-electron chi connectivity index (χ1n) is 14.1. The minimum Gasteiger partial charge on any atom is -0.381 e. The first kappa shape index (κ1) is 29.2. The SMILES string of the molecule is Cc1cc(C#N)nc(C)c1C(=O)NCC[C@@H](C)N1CCC(N(Cc2ccsc2)C(=O)CC2CCOCC2)CC1. The van der Waals surface area contributed by atoms with Crippen LogP contribution in [0.4, 0.5) is 0 Å². The van der Waals surface area contributed by atoms with Crippen LogP contribution in [-0.4, -0.2) is 71.5 Å². The van der Waals surface area contributed by atoms with E-state index in [0.29, 0.717) is 48.4 Å². The molecule has 2 aliphatic heterocycles. The van der Waals surface area contributed by atoms with E-state index >= 15 is 0 Å². The fourth-order valence-corrected chi connectivity index (χ4v) is 6.51. The van der Waals surface area contributed by atoms with Gasteiger partial charge >= 0.3 is 0 Å². The summed E-state index contributed by atoms with van der Waals surface area (Å²) in [6.07, 6.45) is 5.36. The van der Waals surface area contributed by atoms with E-state index in [1.54, 1.807) is 24.3 Å². The summed E-state index contributed by atoms with van der Waals surface area (Å²) < 4.78 is 5.49. The van der Waals surface area contributed by atoms with Crippen molar-refractivity contribution in [3.05, 3.63) is 51.0 Å². The summed E-state index contributed by atoms with van der Waals surface area (Å²) in [6, 6.07) is 6.41. The maximum absolute atomic E-state index is 13.5. The number of piperidine rings is 1. The summed E-state index contributed by atoms with van der Waals surface area (Å²) in [4.78, 5) is 35.1. The highest BCUT2D eigenvalue weighted by molar-refractivity contribution is 7.07. The number of thiophene rings is 1. The summed E-state index contributed by atoms with van der Waals surface area (Å²) in [5.74, 6) is 0.574. The molecule has 1 atom stereocenters. The lowest BCUT2D eigenvalue weighted by Gasteiger charge is -2.41. The number of hydrogen-bond donors (Lipinski definition) is 1. The van der Waals surface area contributed by atoms with Gasteiger partial charge in [-0.05, 0) is 92.8 Å². The topological polar surface area (TPSA) is 98.6 Å². The molecule has 0 aromatic carbocycles. The Morgan fingerprint density at radius 3 is 2.64 bits per heavy atom. The second-order valence-electron chi connectivity index (χ2n) is 11.0. The van der Waals surface area contributed by atoms with Crippen molar-refractivity contribution in [1.82, 2.24) is 20.1 Å². The zero-order valence-corrected chi connectivity index (χ0v) is 24.3. The maximum atomic E-state index is 13.5. The van der Waals surface area contributed by atoms with Gasteiger partial charge in [-0.3, -0.25) is 9.59 Å². The number of nitrogens with one attached hydrogen (secondary N) is 1. The van der Waals surface area contributed by atoms with E-state index in [0.717, 1.165) is 64.0 Å². The van der Waals surface area contributed by atoms with Gasteiger partial charge in [0.1, 0.15) is 11.8 Å². The zero-order chi connectivity index (χ0) is 27.8. The van der Waals surface area contributed by atoms with Gasteiger partial charge in [-0.15, -0.1) is 0 Å². The summed E-state index contributed by atoms with van der Waals surface area (Å²) in [7, 11) is 0. The fourth-order valence-electron chi connectivity index (χ4n) is 5.85. The highest BCUT2D eigenvalue weighted by Crippen LogP contribution is 2.26. The summed E-state index contributed by atoms with van der Waals surface area (Å²) in [5.41, 5.74) is 3.45. The van der Waals surface area contributed by atoms with Crippen molar-refractivity contribution in [2.75, 3.05) is 32.8 Å². The highest BCUT2D eigenvalue weighted by Gasteiger charge is 2.31. The fraction of sp³-hybridized carbons (Fsp3) is 0.600. The smallest absolute Gasteiger partial charge is 0.253 e. The molecule has 2 aromatic rings. The predicted molar refractivity (Wildman–Crippen MR) is 152 cm³/mol. The van der Waals surface area contributed by atoms with E-state index in [9.17, 15) is 9.59 Å². The molecular formula is C30H41N5O3S. The molecule has 1 N–H and O–H groups in total. The molecular weight excluding hydrogens is 510 g/mol. The average molecular weight is 552 g/mol. The molecule has 0 radical (unpaired) electrons. The molecule has 0 bridgehead atoms. The number of likely N-dealkylation sites (tertiary alicyclic amines) is 1. The van der Waals surface area contributed by atoms with Gasteiger partial charge in [-0.1, -0.05) is 0 Å². The van der Waals surface area contributed by atoms with Crippen molar-refractivity contribution in [2.24, 2.45) is 5.92 Å². The second-order valence-corrected chi connectivity index (χ2v) is 11.8. The lowest BCUT2D eigenvalue weighted by atomic mass is 9.94. The Morgan fingerprint density at radius 1 is 1.26 bits per heavy atom. The minimum atomic E-state index is -0.139. The molecule has 2 amide bonds. The molecule has 39 heavy (non-hydrogen) atoms. The van der Waals surface area contributed by atoms with Crippen molar-refractivity contribution in [3.8, 4) is 6.07 Å². The Morgan fingerprint density at radius 2 is 2.00 bits per heavy atom. The van der Waals surface area contributed by atoms with Crippen molar-refractivity contribution in [2.45, 2.75) is 77.9 Å². The van der Waals surface area contributed by atoms with E-state index < -0.39 is 0 Å². The van der Waals surface area contributed by atoms with Crippen LogP contribution in [-0.2, 0) is 16.1 Å². The number of ether oxygens (including phenoxy) is 1. The van der Waals surface area contributed by atoms with Crippen LogP contribution in [0.2, 0.25) is 0 Å². The number of aromatic nitrogens is 1. The van der Waals surface area contributed by atoms with Crippen molar-refractivity contribution >= 4 is 23.2 Å². The minimum absolute atomic E-state index is 0.139. The molecule has 4 rings (SSSR count). The molecule has 2 aromatic heterocycles. The highest BCUT2D eigenvalue weighted by atomic mass is 32.1. The van der Waals surface area contributed by atoms with Gasteiger partial charge < -0.3 is 19.9 Å². The Bertz CT molecular complexity index is 1120. The molecule has 2 saturated heterocycles. The number of nitrogens with zero attached hydrogens (tertiary/aromatic N) is 4. The molecule has 210 valence electrons. The van der Waals surface area contributed by atoms with E-state index in [4.69, 9.17) is 10.00 Å². The maximum Gasteiger partial charge on any atom is 0.253 e. The number of carbonyl (C=O) groups is 2. The Hall–Kier alpha value is -2.80. The van der Waals surface area contributed by atoms with E-state index in [-0.39, 0.29) is 17.9 Å². The number of nitriles is 1. The van der Waals surface area contributed by atoms with Crippen molar-refractivity contribution < 1.29 is 14.3 Å². The largest absolute Gasteiger partial charge is 0.381 e. The normalized spacial score (nSPS) is 17.9. The molecule has 0 spiro atoms. The zero-order valence-electron chi connectivity index (χ0n) is 23.4. The summed E-state index contributed by atoms with van der Waals surface area (Å²) in [6.45, 7) is 10.5. The van der Waals surface area contributed by atoms with Gasteiger partial charge in [-0.25, -0.2) is 4.98 Å². The molecule has 0 unspecified atom stereocenters. The molecule has 9 heteroatoms. The number of aryl methyl sites for hydroxylation is 2. The molecule has 2 aliphatic rings. The lowest BCUT2D eigenvalue weighted by molar-refractivity contribution is -0.137. The standard InChI is InChI=1S/C30H41N5O3S/c1-21-16-26(18-31)33-23(3)29(21)30(37)32-10-4-22(2)34-11-5-27(6-12-34)35(19-25-9-15-39-20-25)28(36)17-24-7-13-38-14-8-24/h9,15-16,20,22,24,27H,4-8,10-14,17,19H2,1-3H3,(H,32,37)/t22-/m1/s1. The first-order chi connectivity index (χ1) is 18.9. The van der Waals surface area contributed by atoms with Gasteiger partial charge in [-0.2, -0.15) is 16.6 Å². The van der Waals surface area contributed by atoms with Gasteiger partial charge in [0.2, 0.25) is 5.91 Å². The molecule has 0 saturated carbocycles. The number of rotatable bonds is 10. The summed E-state index contributed by atoms with van der Waals surface area (Å²) in [5, 5.41) is 16.4. The van der Waals surface area contributed by atoms with Crippen molar-refractivity contribution in [3.63, 3.8) is 0 Å². The molecule has 8 nitrogen and oxygen atoms in total. The van der Waals surface area contributed by atoms with E-state index in [1.165, 1.54) is 5.56 Å². The van der Waals surface area contributed by atoms with Crippen LogP contribution in [0.25, 0.3) is 0 Å². The predicted octanol–water partition coefficient (Wildman–Crippen LogP) is 4.45. The van der Waals surface area contributed by atoms with Gasteiger partial charge in [0.25, 0.3) is 5.91 Å². The Labute approximate surface area is 236 Å². The quantitative estimate of drug-likeness (QED) is 0.469. The van der Waals surface area contributed by atoms with E-state index in [2.05, 4.69) is 43.9 Å². The molecule has 0 aliphatic carbocycles. The average Bonchev–Trinajstić information content (AvgIpc) is 3.45. The van der Waals surface area contributed by atoms with Crippen LogP contribution in [0.3, 0.4) is 0 Å². The van der Waals surface area contributed by atoms with Crippen molar-refractivity contribution in [1.29, 1.82) is 5.26 Å².